The van der Waals surface area contributed by atoms with Gasteiger partial charge >= 0.3 is 0 Å². The van der Waals surface area contributed by atoms with Gasteiger partial charge in [0, 0.05) is 0 Å². The average molecular weight is 182 g/mol. The highest BCUT2D eigenvalue weighted by molar-refractivity contribution is 5.73. The van der Waals surface area contributed by atoms with Gasteiger partial charge in [-0.1, -0.05) is 19.8 Å². The lowest BCUT2D eigenvalue weighted by Gasteiger charge is -2.29. The van der Waals surface area contributed by atoms with Crippen molar-refractivity contribution in [2.75, 3.05) is 6.54 Å². The third kappa shape index (κ3) is 1.95. The van der Waals surface area contributed by atoms with Gasteiger partial charge in [-0.3, -0.25) is 0 Å². The molecule has 0 aromatic heterocycles. The second-order valence-electron chi connectivity index (χ2n) is 4.36. The van der Waals surface area contributed by atoms with E-state index in [-0.39, 0.29) is 6.10 Å². The number of amidine groups is 1. The zero-order valence-corrected chi connectivity index (χ0v) is 8.20. The Hall–Kier alpha value is -0.730. The highest BCUT2D eigenvalue weighted by Crippen LogP contribution is 2.32. The fraction of sp³-hybridized carbons (Fsp3) is 0.900. The molecule has 74 valence electrons. The van der Waals surface area contributed by atoms with Crippen molar-refractivity contribution in [3.05, 3.63) is 0 Å². The molecule has 0 radical (unpaired) electrons. The molecule has 1 unspecified atom stereocenters. The maximum Gasteiger partial charge on any atom is 0.282 e. The molecule has 13 heavy (non-hydrogen) atoms. The molecule has 0 bridgehead atoms. The second kappa shape index (κ2) is 3.56. The SMILES string of the molecule is CC1CCC(C2CN=C(N)O2)CC1. The highest BCUT2D eigenvalue weighted by Gasteiger charge is 2.30. The van der Waals surface area contributed by atoms with Crippen molar-refractivity contribution < 1.29 is 4.74 Å². The smallest absolute Gasteiger partial charge is 0.282 e. The molecule has 3 heteroatoms. The van der Waals surface area contributed by atoms with Gasteiger partial charge in [-0.25, -0.2) is 4.99 Å². The Morgan fingerprint density at radius 1 is 1.31 bits per heavy atom. The van der Waals surface area contributed by atoms with E-state index in [0.717, 1.165) is 12.5 Å². The Balaban J connectivity index is 1.82. The van der Waals surface area contributed by atoms with Crippen LogP contribution in [0.15, 0.2) is 4.99 Å². The lowest BCUT2D eigenvalue weighted by atomic mass is 9.80. The molecule has 1 aliphatic carbocycles. The molecule has 2 rings (SSSR count). The van der Waals surface area contributed by atoms with Crippen LogP contribution in [-0.4, -0.2) is 18.7 Å². The Labute approximate surface area is 79.4 Å². The summed E-state index contributed by atoms with van der Waals surface area (Å²) in [5, 5.41) is 0. The summed E-state index contributed by atoms with van der Waals surface area (Å²) in [6.45, 7) is 3.11. The van der Waals surface area contributed by atoms with Crippen molar-refractivity contribution in [2.45, 2.75) is 38.7 Å². The first-order chi connectivity index (χ1) is 6.25. The molecule has 1 heterocycles. The topological polar surface area (TPSA) is 47.6 Å². The summed E-state index contributed by atoms with van der Waals surface area (Å²) in [5.41, 5.74) is 5.49. The molecule has 3 nitrogen and oxygen atoms in total. The fourth-order valence-electron chi connectivity index (χ4n) is 2.31. The van der Waals surface area contributed by atoms with Crippen LogP contribution < -0.4 is 5.73 Å². The van der Waals surface area contributed by atoms with Crippen LogP contribution in [0.1, 0.15) is 32.6 Å². The minimum absolute atomic E-state index is 0.285. The maximum absolute atomic E-state index is 5.49. The molecule has 0 amide bonds. The molecular formula is C10H18N2O. The molecule has 0 aromatic rings. The van der Waals surface area contributed by atoms with E-state index >= 15 is 0 Å². The van der Waals surface area contributed by atoms with Crippen LogP contribution in [-0.2, 0) is 4.74 Å². The summed E-state index contributed by atoms with van der Waals surface area (Å²) < 4.78 is 5.46. The summed E-state index contributed by atoms with van der Waals surface area (Å²) >= 11 is 0. The first-order valence-corrected chi connectivity index (χ1v) is 5.22. The Kier molecular flexibility index (Phi) is 2.42. The van der Waals surface area contributed by atoms with Gasteiger partial charge in [0.25, 0.3) is 6.02 Å². The summed E-state index contributed by atoms with van der Waals surface area (Å²) in [5.74, 6) is 1.59. The molecule has 1 atom stereocenters. The normalized spacial score (nSPS) is 39.8. The van der Waals surface area contributed by atoms with E-state index in [1.165, 1.54) is 25.7 Å². The van der Waals surface area contributed by atoms with E-state index in [1.807, 2.05) is 0 Å². The Morgan fingerprint density at radius 2 is 2.00 bits per heavy atom. The van der Waals surface area contributed by atoms with Gasteiger partial charge in [0.2, 0.25) is 0 Å². The van der Waals surface area contributed by atoms with Crippen LogP contribution in [0.25, 0.3) is 0 Å². The number of nitrogens with two attached hydrogens (primary N) is 1. The average Bonchev–Trinajstić information content (AvgIpc) is 2.53. The number of hydrogen-bond donors (Lipinski definition) is 1. The number of nitrogens with zero attached hydrogens (tertiary/aromatic N) is 1. The molecule has 2 N–H and O–H groups in total. The number of hydrogen-bond acceptors (Lipinski definition) is 3. The number of rotatable bonds is 1. The van der Waals surface area contributed by atoms with Crippen LogP contribution >= 0.6 is 0 Å². The van der Waals surface area contributed by atoms with Gasteiger partial charge in [0.15, 0.2) is 0 Å². The molecule has 1 saturated carbocycles. The summed E-state index contributed by atoms with van der Waals surface area (Å²) in [6, 6.07) is 0.392. The van der Waals surface area contributed by atoms with E-state index in [9.17, 15) is 0 Å². The maximum atomic E-state index is 5.49. The standard InChI is InChI=1S/C10H18N2O/c1-7-2-4-8(5-3-7)9-6-12-10(11)13-9/h7-9H,2-6H2,1H3,(H2,11,12). The molecule has 0 spiro atoms. The van der Waals surface area contributed by atoms with Crippen molar-refractivity contribution >= 4 is 6.02 Å². The lowest BCUT2D eigenvalue weighted by molar-refractivity contribution is 0.109. The fourth-order valence-corrected chi connectivity index (χ4v) is 2.31. The van der Waals surface area contributed by atoms with E-state index in [0.29, 0.717) is 11.9 Å². The summed E-state index contributed by atoms with van der Waals surface area (Å²) in [4.78, 5) is 4.08. The monoisotopic (exact) mass is 182 g/mol. The van der Waals surface area contributed by atoms with Gasteiger partial charge in [-0.2, -0.15) is 0 Å². The minimum Gasteiger partial charge on any atom is -0.460 e. The second-order valence-corrected chi connectivity index (χ2v) is 4.36. The van der Waals surface area contributed by atoms with Crippen LogP contribution in [0, 0.1) is 11.8 Å². The third-order valence-electron chi connectivity index (χ3n) is 3.29. The number of ether oxygens (including phenoxy) is 1. The molecule has 2 aliphatic rings. The Bertz CT molecular complexity index is 207. The molecule has 0 aromatic carbocycles. The lowest BCUT2D eigenvalue weighted by Crippen LogP contribution is -2.29. The van der Waals surface area contributed by atoms with Crippen LogP contribution in [0.4, 0.5) is 0 Å². The first-order valence-electron chi connectivity index (χ1n) is 5.22. The van der Waals surface area contributed by atoms with E-state index in [1.54, 1.807) is 0 Å². The van der Waals surface area contributed by atoms with Gasteiger partial charge in [-0.15, -0.1) is 0 Å². The van der Waals surface area contributed by atoms with E-state index in [2.05, 4.69) is 11.9 Å². The highest BCUT2D eigenvalue weighted by atomic mass is 16.5. The molecule has 0 saturated heterocycles. The van der Waals surface area contributed by atoms with Crippen LogP contribution in [0.2, 0.25) is 0 Å². The van der Waals surface area contributed by atoms with E-state index < -0.39 is 0 Å². The van der Waals surface area contributed by atoms with Crippen molar-refractivity contribution in [3.8, 4) is 0 Å². The zero-order valence-electron chi connectivity index (χ0n) is 8.20. The van der Waals surface area contributed by atoms with E-state index in [4.69, 9.17) is 10.5 Å². The molecular weight excluding hydrogens is 164 g/mol. The minimum atomic E-state index is 0.285. The third-order valence-corrected chi connectivity index (χ3v) is 3.29. The quantitative estimate of drug-likeness (QED) is 0.668. The number of aliphatic imine (C=N–C) groups is 1. The molecule has 1 fully saturated rings. The Morgan fingerprint density at radius 3 is 2.54 bits per heavy atom. The predicted octanol–water partition coefficient (Wildman–Crippen LogP) is 1.53. The summed E-state index contributed by atoms with van der Waals surface area (Å²) in [7, 11) is 0. The van der Waals surface area contributed by atoms with Crippen LogP contribution in [0.5, 0.6) is 0 Å². The summed E-state index contributed by atoms with van der Waals surface area (Å²) in [6.07, 6.45) is 5.53. The first kappa shape index (κ1) is 8.85. The van der Waals surface area contributed by atoms with Crippen molar-refractivity contribution in [2.24, 2.45) is 22.6 Å². The van der Waals surface area contributed by atoms with Gasteiger partial charge in [0.05, 0.1) is 6.54 Å². The largest absolute Gasteiger partial charge is 0.460 e. The van der Waals surface area contributed by atoms with Crippen molar-refractivity contribution in [1.29, 1.82) is 0 Å². The van der Waals surface area contributed by atoms with Crippen molar-refractivity contribution in [3.63, 3.8) is 0 Å². The zero-order chi connectivity index (χ0) is 9.26. The predicted molar refractivity (Wildman–Crippen MR) is 52.5 cm³/mol. The van der Waals surface area contributed by atoms with Gasteiger partial charge in [-0.05, 0) is 24.7 Å². The van der Waals surface area contributed by atoms with Crippen LogP contribution in [0.3, 0.4) is 0 Å². The van der Waals surface area contributed by atoms with Gasteiger partial charge < -0.3 is 10.5 Å². The van der Waals surface area contributed by atoms with Gasteiger partial charge in [0.1, 0.15) is 6.10 Å². The van der Waals surface area contributed by atoms with Crippen molar-refractivity contribution in [1.82, 2.24) is 0 Å². The molecule has 1 aliphatic heterocycles.